The van der Waals surface area contributed by atoms with Crippen LogP contribution in [0.15, 0.2) is 54.7 Å². The smallest absolute Gasteiger partial charge is 0.245 e. The first-order valence-electron chi connectivity index (χ1n) is 20.7. The quantitative estimate of drug-likeness (QED) is 0.265. The number of amides is 1. The van der Waals surface area contributed by atoms with E-state index in [2.05, 4.69) is 26.3 Å². The Hall–Kier alpha value is -6.36. The van der Waals surface area contributed by atoms with Crippen LogP contribution < -0.4 is 15.1 Å². The predicted molar refractivity (Wildman–Crippen MR) is 221 cm³/mol. The van der Waals surface area contributed by atoms with Gasteiger partial charge in [-0.05, 0) is 50.1 Å². The van der Waals surface area contributed by atoms with Crippen molar-refractivity contribution in [2.45, 2.75) is 62.1 Å². The van der Waals surface area contributed by atoms with E-state index in [9.17, 15) is 14.4 Å². The summed E-state index contributed by atoms with van der Waals surface area (Å²) in [4.78, 5) is 42.8. The molecule has 0 spiro atoms. The third kappa shape index (κ3) is 6.06. The number of pyridine rings is 1. The summed E-state index contributed by atoms with van der Waals surface area (Å²) < 4.78 is 59.6. The van der Waals surface area contributed by atoms with E-state index in [-0.39, 0.29) is 41.9 Å². The molecule has 10 heterocycles. The lowest BCUT2D eigenvalue weighted by atomic mass is 9.83. The van der Waals surface area contributed by atoms with Gasteiger partial charge in [0.15, 0.2) is 17.0 Å². The van der Waals surface area contributed by atoms with E-state index in [1.165, 1.54) is 28.9 Å². The Balaban J connectivity index is 1.02. The maximum Gasteiger partial charge on any atom is 0.245 e. The highest BCUT2D eigenvalue weighted by Crippen LogP contribution is 2.42. The SMILES string of the molecule is COC1CN(C)C(=O)[C@@H]2CC(CN2c2nc(N3C4CC3CN(C3(C#N)COC3)C4)nc3c2cnn3-c2ccc(F)cc2F)Nc2cccc(n2)-c2cc(F)cc3nc(C)n(c23)C1. The van der Waals surface area contributed by atoms with E-state index in [0.717, 1.165) is 18.0 Å². The molecule has 0 radical (unpaired) electrons. The van der Waals surface area contributed by atoms with Gasteiger partial charge in [0.1, 0.15) is 40.8 Å². The summed E-state index contributed by atoms with van der Waals surface area (Å²) in [6, 6.07) is 13.1. The molecule has 0 saturated carbocycles. The van der Waals surface area contributed by atoms with Crippen molar-refractivity contribution in [3.05, 3.63) is 78.0 Å². The number of piperazine rings is 1. The van der Waals surface area contributed by atoms with E-state index < -0.39 is 35.1 Å². The van der Waals surface area contributed by atoms with Crippen LogP contribution >= 0.6 is 0 Å². The van der Waals surface area contributed by atoms with Gasteiger partial charge in [-0.3, -0.25) is 9.69 Å². The summed E-state index contributed by atoms with van der Waals surface area (Å²) in [5, 5.41) is 18.7. The Kier molecular flexibility index (Phi) is 8.93. The molecular weight excluding hydrogens is 804 g/mol. The van der Waals surface area contributed by atoms with Gasteiger partial charge in [0.05, 0.1) is 60.2 Å². The largest absolute Gasteiger partial charge is 0.378 e. The van der Waals surface area contributed by atoms with Crippen molar-refractivity contribution in [1.82, 2.24) is 44.1 Å². The first-order chi connectivity index (χ1) is 30.0. The number of benzene rings is 2. The number of rotatable bonds is 5. The second-order valence-electron chi connectivity index (χ2n) is 17.0. The number of aromatic nitrogens is 7. The summed E-state index contributed by atoms with van der Waals surface area (Å²) in [7, 11) is 3.35. The lowest BCUT2D eigenvalue weighted by Gasteiger charge is -2.60. The molecule has 62 heavy (non-hydrogen) atoms. The van der Waals surface area contributed by atoms with Crippen LogP contribution in [0.3, 0.4) is 0 Å². The molecule has 1 amide bonds. The van der Waals surface area contributed by atoms with Gasteiger partial charge < -0.3 is 34.1 Å². The highest BCUT2D eigenvalue weighted by molar-refractivity contribution is 5.94. The van der Waals surface area contributed by atoms with Crippen molar-refractivity contribution in [2.75, 3.05) is 68.7 Å². The van der Waals surface area contributed by atoms with E-state index in [1.54, 1.807) is 25.3 Å². The van der Waals surface area contributed by atoms with Gasteiger partial charge >= 0.3 is 0 Å². The number of hydrogen-bond donors (Lipinski definition) is 1. The molecule has 4 aromatic heterocycles. The number of likely N-dealkylation sites (N-methyl/N-ethyl adjacent to an activating group) is 1. The molecule has 6 aromatic rings. The van der Waals surface area contributed by atoms with Crippen LogP contribution in [0.5, 0.6) is 0 Å². The molecular formula is C43H42F3N13O3. The number of piperidine rings is 1. The molecule has 0 aliphatic carbocycles. The number of fused-ring (bicyclic) bond motifs is 8. The fourth-order valence-electron chi connectivity index (χ4n) is 10.1. The standard InChI is InChI=1S/C43H42F3N13O3/c1-23-49-34-11-25(45)9-30-33-5-4-6-37(51-33)50-26-12-36(41(60)54(2)18-29(61-3)19-56(23)38(30)34)57(15-26)39-31-14-48-59(35-8-7-24(44)10-32(35)46)40(31)53-42(52-39)58-27-13-28(58)17-55(16-27)43(20-47)21-62-22-43/h4-11,14,26-29,36H,12-13,15-19,21-22H2,1-3H3,(H,50,51)/t26?,27?,28?,29?,36-/m0/s1. The number of anilines is 3. The highest BCUT2D eigenvalue weighted by atomic mass is 19.1. The number of carbonyl (C=O) groups is 1. The van der Waals surface area contributed by atoms with Gasteiger partial charge in [0.2, 0.25) is 11.9 Å². The first kappa shape index (κ1) is 38.6. The molecule has 318 valence electrons. The molecule has 12 rings (SSSR count). The first-order valence-corrected chi connectivity index (χ1v) is 20.7. The van der Waals surface area contributed by atoms with Crippen LogP contribution in [0.4, 0.5) is 30.8 Å². The number of nitrogens with zero attached hydrogens (tertiary/aromatic N) is 12. The summed E-state index contributed by atoms with van der Waals surface area (Å²) in [5.41, 5.74) is 1.98. The van der Waals surface area contributed by atoms with Crippen molar-refractivity contribution < 1.29 is 27.4 Å². The normalized spacial score (nSPS) is 24.6. The molecule has 6 bridgehead atoms. The van der Waals surface area contributed by atoms with Gasteiger partial charge in [0.25, 0.3) is 0 Å². The summed E-state index contributed by atoms with van der Waals surface area (Å²) in [5.74, 6) is -0.125. The van der Waals surface area contributed by atoms with Crippen LogP contribution in [0, 0.1) is 35.7 Å². The van der Waals surface area contributed by atoms with Crippen LogP contribution in [0.2, 0.25) is 0 Å². The molecule has 6 aliphatic heterocycles. The number of halogens is 3. The summed E-state index contributed by atoms with van der Waals surface area (Å²) in [6.45, 7) is 4.65. The Labute approximate surface area is 353 Å². The van der Waals surface area contributed by atoms with Crippen LogP contribution in [-0.2, 0) is 20.8 Å². The maximum atomic E-state index is 15.5. The van der Waals surface area contributed by atoms with Gasteiger partial charge in [-0.1, -0.05) is 6.07 Å². The number of aryl methyl sites for hydroxylation is 1. The zero-order valence-electron chi connectivity index (χ0n) is 34.2. The molecule has 5 saturated heterocycles. The number of carbonyl (C=O) groups excluding carboxylic acids is 1. The number of hydrogen-bond acceptors (Lipinski definition) is 13. The molecule has 16 nitrogen and oxygen atoms in total. The van der Waals surface area contributed by atoms with Crippen molar-refractivity contribution in [2.24, 2.45) is 0 Å². The Morgan fingerprint density at radius 2 is 1.77 bits per heavy atom. The zero-order chi connectivity index (χ0) is 42.6. The van der Waals surface area contributed by atoms with Gasteiger partial charge in [-0.15, -0.1) is 0 Å². The number of ether oxygens (including phenoxy) is 2. The fourth-order valence-corrected chi connectivity index (χ4v) is 10.1. The van der Waals surface area contributed by atoms with Crippen molar-refractivity contribution in [1.29, 1.82) is 5.26 Å². The van der Waals surface area contributed by atoms with Crippen LogP contribution in [-0.4, -0.2) is 139 Å². The second kappa shape index (κ2) is 14.4. The molecule has 5 fully saturated rings. The van der Waals surface area contributed by atoms with Crippen molar-refractivity contribution in [3.63, 3.8) is 0 Å². The summed E-state index contributed by atoms with van der Waals surface area (Å²) >= 11 is 0. The molecule has 19 heteroatoms. The lowest BCUT2D eigenvalue weighted by molar-refractivity contribution is -0.132. The van der Waals surface area contributed by atoms with Crippen LogP contribution in [0.25, 0.3) is 39.0 Å². The number of imidazole rings is 1. The van der Waals surface area contributed by atoms with Crippen molar-refractivity contribution in [3.8, 4) is 23.0 Å². The lowest BCUT2D eigenvalue weighted by Crippen LogP contribution is -2.75. The van der Waals surface area contributed by atoms with Gasteiger partial charge in [-0.25, -0.2) is 27.8 Å². The Bertz CT molecular complexity index is 2830. The number of nitriles is 1. The van der Waals surface area contributed by atoms with Gasteiger partial charge in [-0.2, -0.15) is 20.3 Å². The Morgan fingerprint density at radius 1 is 0.952 bits per heavy atom. The number of nitrogens with one attached hydrogen (secondary N) is 1. The topological polar surface area (TPSA) is 159 Å². The fraction of sp³-hybridized carbons (Fsp3) is 0.419. The maximum absolute atomic E-state index is 15.5. The van der Waals surface area contributed by atoms with Crippen LogP contribution in [0.1, 0.15) is 18.7 Å². The highest BCUT2D eigenvalue weighted by Gasteiger charge is 2.55. The molecule has 4 unspecified atom stereocenters. The molecule has 5 atom stereocenters. The average molecular weight is 846 g/mol. The molecule has 1 N–H and O–H groups in total. The minimum absolute atomic E-state index is 0.00566. The zero-order valence-corrected chi connectivity index (χ0v) is 34.2. The summed E-state index contributed by atoms with van der Waals surface area (Å²) in [6.07, 6.45) is 2.32. The van der Waals surface area contributed by atoms with E-state index in [0.29, 0.717) is 91.4 Å². The van der Waals surface area contributed by atoms with E-state index >= 15 is 8.78 Å². The third-order valence-corrected chi connectivity index (χ3v) is 13.3. The third-order valence-electron chi connectivity index (χ3n) is 13.3. The minimum Gasteiger partial charge on any atom is -0.378 e. The average Bonchev–Trinajstić information content (AvgIpc) is 3.94. The molecule has 2 aromatic carbocycles. The molecule has 6 aliphatic rings. The minimum atomic E-state index is -0.814. The second-order valence-corrected chi connectivity index (χ2v) is 17.0. The monoisotopic (exact) mass is 845 g/mol. The van der Waals surface area contributed by atoms with E-state index in [4.69, 9.17) is 29.4 Å². The predicted octanol–water partition coefficient (Wildman–Crippen LogP) is 4.05. The Morgan fingerprint density at radius 3 is 2.52 bits per heavy atom. The number of methoxy groups -OCH3 is 1. The van der Waals surface area contributed by atoms with Gasteiger partial charge in [0, 0.05) is 76.2 Å². The van der Waals surface area contributed by atoms with E-state index in [1.807, 2.05) is 34.6 Å². The van der Waals surface area contributed by atoms with Crippen molar-refractivity contribution >= 4 is 45.6 Å².